The van der Waals surface area contributed by atoms with Gasteiger partial charge in [-0.25, -0.2) is 8.78 Å². The zero-order valence-electron chi connectivity index (χ0n) is 18.3. The molecule has 4 heteroatoms. The lowest BCUT2D eigenvalue weighted by molar-refractivity contribution is -0.130. The Morgan fingerprint density at radius 1 is 0.879 bits per heavy atom. The van der Waals surface area contributed by atoms with Crippen molar-refractivity contribution in [1.82, 2.24) is 4.90 Å². The SMILES string of the molecule is O=C(C1=CC=CCC1c1ccccc1F)N(Cc1ccc(F)cc1)C1Cc2ccccc2C1. The summed E-state index contributed by atoms with van der Waals surface area (Å²) in [5.74, 6) is -1.02. The van der Waals surface area contributed by atoms with E-state index < -0.39 is 0 Å². The first-order valence-corrected chi connectivity index (χ1v) is 11.3. The molecule has 166 valence electrons. The predicted molar refractivity (Wildman–Crippen MR) is 126 cm³/mol. The minimum atomic E-state index is -0.330. The van der Waals surface area contributed by atoms with Gasteiger partial charge in [-0.05, 0) is 59.7 Å². The summed E-state index contributed by atoms with van der Waals surface area (Å²) in [6.45, 7) is 0.378. The minimum absolute atomic E-state index is 0.00645. The van der Waals surface area contributed by atoms with Crippen LogP contribution in [0, 0.1) is 11.6 Å². The van der Waals surface area contributed by atoms with Crippen molar-refractivity contribution in [2.75, 3.05) is 0 Å². The second-order valence-electron chi connectivity index (χ2n) is 8.75. The zero-order chi connectivity index (χ0) is 22.8. The maximum Gasteiger partial charge on any atom is 0.250 e. The van der Waals surface area contributed by atoms with Gasteiger partial charge in [-0.15, -0.1) is 0 Å². The fraction of sp³-hybridized carbons (Fsp3) is 0.207. The number of benzene rings is 3. The highest BCUT2D eigenvalue weighted by Crippen LogP contribution is 2.36. The summed E-state index contributed by atoms with van der Waals surface area (Å²) >= 11 is 0. The van der Waals surface area contributed by atoms with E-state index >= 15 is 0 Å². The van der Waals surface area contributed by atoms with Crippen molar-refractivity contribution in [3.05, 3.63) is 130 Å². The predicted octanol–water partition coefficient (Wildman–Crippen LogP) is 6.13. The van der Waals surface area contributed by atoms with Crippen LogP contribution in [-0.2, 0) is 24.2 Å². The number of hydrogen-bond donors (Lipinski definition) is 0. The minimum Gasteiger partial charge on any atom is -0.331 e. The van der Waals surface area contributed by atoms with E-state index in [1.54, 1.807) is 24.3 Å². The molecule has 1 amide bonds. The molecule has 0 fully saturated rings. The van der Waals surface area contributed by atoms with Gasteiger partial charge in [-0.3, -0.25) is 4.79 Å². The molecule has 0 saturated heterocycles. The maximum absolute atomic E-state index is 14.7. The number of carbonyl (C=O) groups is 1. The highest BCUT2D eigenvalue weighted by atomic mass is 19.1. The molecule has 0 aliphatic heterocycles. The van der Waals surface area contributed by atoms with Crippen LogP contribution in [0.4, 0.5) is 8.78 Å². The number of halogens is 2. The molecule has 2 nitrogen and oxygen atoms in total. The van der Waals surface area contributed by atoms with Crippen LogP contribution >= 0.6 is 0 Å². The fourth-order valence-electron chi connectivity index (χ4n) is 4.98. The highest BCUT2D eigenvalue weighted by Gasteiger charge is 2.34. The van der Waals surface area contributed by atoms with Crippen molar-refractivity contribution < 1.29 is 13.6 Å². The molecule has 2 aliphatic rings. The average Bonchev–Trinajstić information content (AvgIpc) is 3.28. The first-order valence-electron chi connectivity index (χ1n) is 11.3. The smallest absolute Gasteiger partial charge is 0.250 e. The first-order chi connectivity index (χ1) is 16.1. The Morgan fingerprint density at radius 2 is 1.55 bits per heavy atom. The molecule has 1 atom stereocenters. The van der Waals surface area contributed by atoms with Crippen molar-refractivity contribution in [3.63, 3.8) is 0 Å². The van der Waals surface area contributed by atoms with Crippen molar-refractivity contribution in [2.45, 2.75) is 37.8 Å². The Kier molecular flexibility index (Phi) is 5.91. The molecule has 3 aromatic carbocycles. The van der Waals surface area contributed by atoms with Crippen molar-refractivity contribution >= 4 is 5.91 Å². The van der Waals surface area contributed by atoms with Crippen molar-refractivity contribution in [2.24, 2.45) is 0 Å². The number of carbonyl (C=O) groups excluding carboxylic acids is 1. The van der Waals surface area contributed by atoms with Crippen LogP contribution in [0.25, 0.3) is 0 Å². The third kappa shape index (κ3) is 4.38. The molecule has 33 heavy (non-hydrogen) atoms. The van der Waals surface area contributed by atoms with Crippen LogP contribution in [0.1, 0.15) is 34.6 Å². The summed E-state index contributed by atoms with van der Waals surface area (Å²) in [7, 11) is 0. The molecule has 1 unspecified atom stereocenters. The molecule has 0 bridgehead atoms. The summed E-state index contributed by atoms with van der Waals surface area (Å²) in [6, 6.07) is 21.2. The fourth-order valence-corrected chi connectivity index (χ4v) is 4.98. The summed E-state index contributed by atoms with van der Waals surface area (Å²) < 4.78 is 28.2. The van der Waals surface area contributed by atoms with Crippen molar-refractivity contribution in [3.8, 4) is 0 Å². The van der Waals surface area contributed by atoms with Crippen LogP contribution in [0.15, 0.2) is 96.6 Å². The number of nitrogens with zero attached hydrogens (tertiary/aromatic N) is 1. The molecule has 3 aromatic rings. The van der Waals surface area contributed by atoms with Gasteiger partial charge in [0.2, 0.25) is 0 Å². The molecule has 5 rings (SSSR count). The average molecular weight is 442 g/mol. The quantitative estimate of drug-likeness (QED) is 0.466. The van der Waals surface area contributed by atoms with Crippen molar-refractivity contribution in [1.29, 1.82) is 0 Å². The molecule has 0 N–H and O–H groups in total. The topological polar surface area (TPSA) is 20.3 Å². The standard InChI is InChI=1S/C29H25F2NO/c30-23-15-13-20(14-16-23)19-32(24-17-21-7-1-2-8-22(21)18-24)29(33)27-11-4-3-9-25(27)26-10-5-6-12-28(26)31/h1-8,10-16,24-25H,9,17-19H2. The van der Waals surface area contributed by atoms with E-state index in [1.807, 2.05) is 41.3 Å². The highest BCUT2D eigenvalue weighted by molar-refractivity contribution is 5.96. The van der Waals surface area contributed by atoms with Gasteiger partial charge in [0.05, 0.1) is 0 Å². The molecular weight excluding hydrogens is 416 g/mol. The van der Waals surface area contributed by atoms with E-state index in [0.717, 1.165) is 18.4 Å². The largest absolute Gasteiger partial charge is 0.331 e. The number of allylic oxidation sites excluding steroid dienone is 3. The van der Waals surface area contributed by atoms with Gasteiger partial charge >= 0.3 is 0 Å². The van der Waals surface area contributed by atoms with Crippen LogP contribution in [0.5, 0.6) is 0 Å². The van der Waals surface area contributed by atoms with E-state index in [-0.39, 0.29) is 29.5 Å². The number of fused-ring (bicyclic) bond motifs is 1. The van der Waals surface area contributed by atoms with Crippen LogP contribution in [-0.4, -0.2) is 16.8 Å². The Bertz CT molecular complexity index is 1200. The van der Waals surface area contributed by atoms with Gasteiger partial charge in [0.15, 0.2) is 0 Å². The number of amides is 1. The van der Waals surface area contributed by atoms with E-state index in [1.165, 1.54) is 29.3 Å². The van der Waals surface area contributed by atoms with Gasteiger partial charge in [0.25, 0.3) is 5.91 Å². The molecule has 0 radical (unpaired) electrons. The Morgan fingerprint density at radius 3 is 2.24 bits per heavy atom. The molecule has 0 heterocycles. The first kappa shape index (κ1) is 21.3. The van der Waals surface area contributed by atoms with E-state index in [4.69, 9.17) is 0 Å². The van der Waals surface area contributed by atoms with Crippen LogP contribution in [0.2, 0.25) is 0 Å². The van der Waals surface area contributed by atoms with Gasteiger partial charge in [0, 0.05) is 24.1 Å². The Hall–Kier alpha value is -3.53. The molecule has 0 aromatic heterocycles. The summed E-state index contributed by atoms with van der Waals surface area (Å²) in [5.41, 5.74) is 4.51. The van der Waals surface area contributed by atoms with Gasteiger partial charge in [0.1, 0.15) is 11.6 Å². The van der Waals surface area contributed by atoms with Gasteiger partial charge in [-0.2, -0.15) is 0 Å². The second kappa shape index (κ2) is 9.14. The van der Waals surface area contributed by atoms with E-state index in [9.17, 15) is 13.6 Å². The van der Waals surface area contributed by atoms with Gasteiger partial charge in [-0.1, -0.05) is 72.8 Å². The molecule has 2 aliphatic carbocycles. The lowest BCUT2D eigenvalue weighted by Gasteiger charge is -2.33. The third-order valence-electron chi connectivity index (χ3n) is 6.68. The zero-order valence-corrected chi connectivity index (χ0v) is 18.3. The maximum atomic E-state index is 14.7. The molecule has 0 spiro atoms. The third-order valence-corrected chi connectivity index (χ3v) is 6.68. The molecular formula is C29H25F2NO. The summed E-state index contributed by atoms with van der Waals surface area (Å²) in [4.78, 5) is 15.9. The summed E-state index contributed by atoms with van der Waals surface area (Å²) in [6.07, 6.45) is 7.80. The summed E-state index contributed by atoms with van der Waals surface area (Å²) in [5, 5.41) is 0. The van der Waals surface area contributed by atoms with Crippen LogP contribution in [0.3, 0.4) is 0 Å². The monoisotopic (exact) mass is 441 g/mol. The number of hydrogen-bond acceptors (Lipinski definition) is 1. The van der Waals surface area contributed by atoms with Gasteiger partial charge < -0.3 is 4.90 Å². The van der Waals surface area contributed by atoms with E-state index in [2.05, 4.69) is 12.1 Å². The Balaban J connectivity index is 1.49. The number of rotatable bonds is 5. The Labute approximate surface area is 192 Å². The second-order valence-corrected chi connectivity index (χ2v) is 8.75. The van der Waals surface area contributed by atoms with E-state index in [0.29, 0.717) is 24.1 Å². The molecule has 0 saturated carbocycles. The lowest BCUT2D eigenvalue weighted by Crippen LogP contribution is -2.42. The lowest BCUT2D eigenvalue weighted by atomic mass is 9.84. The van der Waals surface area contributed by atoms with Crippen LogP contribution < -0.4 is 0 Å². The normalized spacial score (nSPS) is 17.5.